The van der Waals surface area contributed by atoms with E-state index in [1.54, 1.807) is 29.2 Å². The molecule has 0 saturated carbocycles. The first kappa shape index (κ1) is 22.8. The molecule has 10 heteroatoms. The predicted octanol–water partition coefficient (Wildman–Crippen LogP) is 2.05. The highest BCUT2D eigenvalue weighted by Gasteiger charge is 2.34. The summed E-state index contributed by atoms with van der Waals surface area (Å²) in [7, 11) is -3.88. The van der Waals surface area contributed by atoms with E-state index in [0.717, 1.165) is 11.8 Å². The zero-order valence-electron chi connectivity index (χ0n) is 17.5. The van der Waals surface area contributed by atoms with Crippen LogP contribution in [0.3, 0.4) is 0 Å². The highest BCUT2D eigenvalue weighted by atomic mass is 35.5. The second-order valence-corrected chi connectivity index (χ2v) is 10.7. The molecule has 2 fully saturated rings. The Bertz CT molecular complexity index is 1130. The number of benzene rings is 2. The van der Waals surface area contributed by atoms with Gasteiger partial charge in [-0.25, -0.2) is 18.5 Å². The van der Waals surface area contributed by atoms with Crippen LogP contribution in [0.1, 0.15) is 19.3 Å². The fourth-order valence-corrected chi connectivity index (χ4v) is 5.83. The average molecular weight is 479 g/mol. The summed E-state index contributed by atoms with van der Waals surface area (Å²) in [6, 6.07) is 9.58. The maximum absolute atomic E-state index is 12.8. The molecule has 171 valence electrons. The van der Waals surface area contributed by atoms with E-state index < -0.39 is 27.6 Å². The Morgan fingerprint density at radius 2 is 1.81 bits per heavy atom. The topological polar surface area (TPSA) is 109 Å². The third-order valence-corrected chi connectivity index (χ3v) is 8.02. The second-order valence-electron chi connectivity index (χ2n) is 8.22. The first-order chi connectivity index (χ1) is 15.2. The number of likely N-dealkylation sites (tertiary alicyclic amines) is 1. The van der Waals surface area contributed by atoms with Crippen LogP contribution in [0.2, 0.25) is 5.02 Å². The Morgan fingerprint density at radius 3 is 2.53 bits per heavy atom. The van der Waals surface area contributed by atoms with E-state index in [2.05, 4.69) is 5.32 Å². The summed E-state index contributed by atoms with van der Waals surface area (Å²) in [4.78, 5) is 27.9. The van der Waals surface area contributed by atoms with Gasteiger partial charge in [0.1, 0.15) is 6.10 Å². The molecule has 2 aliphatic rings. The van der Waals surface area contributed by atoms with E-state index in [4.69, 9.17) is 11.6 Å². The summed E-state index contributed by atoms with van der Waals surface area (Å²) in [5, 5.41) is 16.4. The molecule has 1 N–H and O–H groups in total. The molecule has 2 aromatic carbocycles. The molecule has 2 saturated heterocycles. The van der Waals surface area contributed by atoms with Crippen LogP contribution in [0.5, 0.6) is 0 Å². The van der Waals surface area contributed by atoms with Crippen molar-refractivity contribution >= 4 is 44.1 Å². The Kier molecular flexibility index (Phi) is 6.60. The lowest BCUT2D eigenvalue weighted by Gasteiger charge is -2.40. The minimum atomic E-state index is -3.88. The van der Waals surface area contributed by atoms with Gasteiger partial charge in [0.05, 0.1) is 10.6 Å². The Morgan fingerprint density at radius 1 is 1.12 bits per heavy atom. The fraction of sp³-hybridized carbons (Fsp3) is 0.455. The number of carbonyl (C=O) groups is 2. The molecule has 1 atom stereocenters. The third-order valence-electron chi connectivity index (χ3n) is 6.06. The van der Waals surface area contributed by atoms with Crippen LogP contribution in [0.15, 0.2) is 41.3 Å². The third kappa shape index (κ3) is 4.84. The van der Waals surface area contributed by atoms with Gasteiger partial charge in [0.2, 0.25) is 0 Å². The maximum Gasteiger partial charge on any atom is 0.339 e. The monoisotopic (exact) mass is 478 g/mol. The standard InChI is InChI=1S/C22H25ClN3O5S/c23-17-4-2-16-13-19(5-3-15(16)12-17)32(30,31)14-20(27)21(28)25-10-6-18(7-11-25)26-9-1-8-24-22(26)29/h2-5,12-13,18,20,27H,1,6-11,14H2/t20-/m1/s1. The van der Waals surface area contributed by atoms with Gasteiger partial charge in [0.15, 0.2) is 9.84 Å². The molecule has 0 unspecified atom stereocenters. The largest absolute Gasteiger partial charge is 0.382 e. The highest BCUT2D eigenvalue weighted by molar-refractivity contribution is 7.91. The number of aliphatic hydroxyl groups excluding tert-OH is 1. The number of amides is 3. The lowest BCUT2D eigenvalue weighted by molar-refractivity contribution is -0.140. The number of hydrogen-bond acceptors (Lipinski definition) is 5. The molecule has 0 aliphatic carbocycles. The van der Waals surface area contributed by atoms with E-state index in [9.17, 15) is 23.1 Å². The molecule has 0 spiro atoms. The SMILES string of the molecule is O=C([C@H](O)CS(=O)(=O)c1ccc2cc(Cl)ccc2c1)N1CCC(N2CCC[N]C2=O)CC1. The van der Waals surface area contributed by atoms with Crippen molar-refractivity contribution < 1.29 is 23.1 Å². The number of urea groups is 1. The summed E-state index contributed by atoms with van der Waals surface area (Å²) in [5.74, 6) is -1.29. The molecule has 32 heavy (non-hydrogen) atoms. The second kappa shape index (κ2) is 9.25. The van der Waals surface area contributed by atoms with E-state index in [1.807, 2.05) is 0 Å². The van der Waals surface area contributed by atoms with Gasteiger partial charge in [0.25, 0.3) is 5.91 Å². The number of halogens is 1. The lowest BCUT2D eigenvalue weighted by Crippen LogP contribution is -2.54. The van der Waals surface area contributed by atoms with Crippen LogP contribution in [-0.2, 0) is 14.6 Å². The number of piperidine rings is 1. The lowest BCUT2D eigenvalue weighted by atomic mass is 10.0. The minimum absolute atomic E-state index is 0.0163. The van der Waals surface area contributed by atoms with Crippen LogP contribution in [0.25, 0.3) is 10.8 Å². The molecular weight excluding hydrogens is 454 g/mol. The van der Waals surface area contributed by atoms with Crippen molar-refractivity contribution in [3.8, 4) is 0 Å². The van der Waals surface area contributed by atoms with Crippen molar-refractivity contribution in [1.82, 2.24) is 15.1 Å². The highest BCUT2D eigenvalue weighted by Crippen LogP contribution is 2.24. The van der Waals surface area contributed by atoms with Gasteiger partial charge < -0.3 is 14.9 Å². The molecule has 3 amide bonds. The first-order valence-corrected chi connectivity index (χ1v) is 12.6. The predicted molar refractivity (Wildman–Crippen MR) is 120 cm³/mol. The van der Waals surface area contributed by atoms with Crippen LogP contribution in [-0.4, -0.2) is 79.3 Å². The number of nitrogens with zero attached hydrogens (tertiary/aromatic N) is 3. The summed E-state index contributed by atoms with van der Waals surface area (Å²) >= 11 is 5.97. The average Bonchev–Trinajstić information content (AvgIpc) is 2.78. The molecule has 8 nitrogen and oxygen atoms in total. The van der Waals surface area contributed by atoms with Crippen LogP contribution in [0, 0.1) is 0 Å². The van der Waals surface area contributed by atoms with Gasteiger partial charge in [-0.2, -0.15) is 0 Å². The van der Waals surface area contributed by atoms with E-state index in [0.29, 0.717) is 49.4 Å². The van der Waals surface area contributed by atoms with Gasteiger partial charge in [0, 0.05) is 37.2 Å². The molecule has 0 bridgehead atoms. The van der Waals surface area contributed by atoms with Crippen molar-refractivity contribution in [2.45, 2.75) is 36.3 Å². The Hall–Kier alpha value is -2.36. The molecule has 0 aromatic heterocycles. The minimum Gasteiger partial charge on any atom is -0.382 e. The number of hydrogen-bond donors (Lipinski definition) is 1. The number of fused-ring (bicyclic) bond motifs is 1. The zero-order chi connectivity index (χ0) is 22.9. The summed E-state index contributed by atoms with van der Waals surface area (Å²) in [6.45, 7) is 1.94. The molecule has 4 rings (SSSR count). The van der Waals surface area contributed by atoms with Crippen molar-refractivity contribution in [2.24, 2.45) is 0 Å². The van der Waals surface area contributed by atoms with Crippen molar-refractivity contribution in [1.29, 1.82) is 0 Å². The summed E-state index contributed by atoms with van der Waals surface area (Å²) in [6.07, 6.45) is 0.354. The van der Waals surface area contributed by atoms with E-state index in [-0.39, 0.29) is 17.0 Å². The summed E-state index contributed by atoms with van der Waals surface area (Å²) in [5.41, 5.74) is 0. The van der Waals surface area contributed by atoms with E-state index >= 15 is 0 Å². The maximum atomic E-state index is 12.8. The molecule has 2 heterocycles. The van der Waals surface area contributed by atoms with E-state index in [1.165, 1.54) is 17.0 Å². The molecule has 2 aliphatic heterocycles. The quantitative estimate of drug-likeness (QED) is 0.707. The van der Waals surface area contributed by atoms with Crippen molar-refractivity contribution in [3.63, 3.8) is 0 Å². The van der Waals surface area contributed by atoms with Gasteiger partial charge in [-0.15, -0.1) is 0 Å². The molecular formula is C22H25ClN3O5S. The number of aliphatic hydroxyl groups is 1. The van der Waals surface area contributed by atoms with Gasteiger partial charge >= 0.3 is 6.03 Å². The van der Waals surface area contributed by atoms with Gasteiger partial charge in [-0.1, -0.05) is 23.7 Å². The molecule has 2 aromatic rings. The zero-order valence-corrected chi connectivity index (χ0v) is 19.1. The van der Waals surface area contributed by atoms with Crippen molar-refractivity contribution in [3.05, 3.63) is 41.4 Å². The van der Waals surface area contributed by atoms with Gasteiger partial charge in [-0.05, 0) is 54.3 Å². The van der Waals surface area contributed by atoms with Crippen LogP contribution >= 0.6 is 11.6 Å². The fourth-order valence-electron chi connectivity index (χ4n) is 4.31. The number of sulfone groups is 1. The van der Waals surface area contributed by atoms with Gasteiger partial charge in [-0.3, -0.25) is 4.79 Å². The first-order valence-electron chi connectivity index (χ1n) is 10.6. The Labute approximate surface area is 192 Å². The van der Waals surface area contributed by atoms with Crippen LogP contribution < -0.4 is 5.32 Å². The molecule has 1 radical (unpaired) electrons. The summed E-state index contributed by atoms with van der Waals surface area (Å²) < 4.78 is 25.6. The van der Waals surface area contributed by atoms with Crippen molar-refractivity contribution in [2.75, 3.05) is 31.9 Å². The smallest absolute Gasteiger partial charge is 0.339 e. The van der Waals surface area contributed by atoms with Crippen LogP contribution in [0.4, 0.5) is 4.79 Å². The number of rotatable bonds is 5. The Balaban J connectivity index is 1.38. The normalized spacial score (nSPS) is 19.1. The number of carbonyl (C=O) groups excluding carboxylic acids is 2.